The lowest BCUT2D eigenvalue weighted by Crippen LogP contribution is -2.41. The largest absolute Gasteiger partial charge is 0.506 e. The molecule has 0 saturated heterocycles. The van der Waals surface area contributed by atoms with E-state index in [1.165, 1.54) is 0 Å². The Morgan fingerprint density at radius 3 is 1.93 bits per heavy atom. The highest BCUT2D eigenvalue weighted by atomic mass is 32.2. The van der Waals surface area contributed by atoms with Gasteiger partial charge in [0.25, 0.3) is 40.5 Å². The van der Waals surface area contributed by atoms with Gasteiger partial charge in [-0.15, -0.1) is 0 Å². The Morgan fingerprint density at radius 1 is 0.780 bits per heavy atom. The van der Waals surface area contributed by atoms with Crippen LogP contribution in [0.15, 0.2) is 72.9 Å². The molecule has 17 nitrogen and oxygen atoms in total. The zero-order valence-corrected chi connectivity index (χ0v) is 23.0. The van der Waals surface area contributed by atoms with Crippen LogP contribution >= 0.6 is 0 Å². The summed E-state index contributed by atoms with van der Waals surface area (Å²) in [7, 11) is -20.2. The molecule has 2 aromatic carbocycles. The minimum atomic E-state index is -5.16. The zero-order chi connectivity index (χ0) is 30.9. The minimum Gasteiger partial charge on any atom is -0.506 e. The number of phenols is 1. The van der Waals surface area contributed by atoms with E-state index in [9.17, 15) is 61.8 Å². The molecule has 0 bridgehead atoms. The smallest absolute Gasteiger partial charge is 0.295 e. The summed E-state index contributed by atoms with van der Waals surface area (Å²) in [5.41, 5.74) is 5.85. The summed E-state index contributed by atoms with van der Waals surface area (Å²) in [6.07, 6.45) is 2.18. The Bertz CT molecular complexity index is 2110. The SMILES string of the molecule is NC1=CC2C(S(=O)(=O)O)=CC(=NNc3c(O)cc(S(=O)(=O)O)c4ccc(S(=O)(=O)O)cc34)C(=O)C2C(S(=O)(=O)O)=C1. The van der Waals surface area contributed by atoms with Crippen molar-refractivity contribution in [2.75, 3.05) is 5.43 Å². The van der Waals surface area contributed by atoms with Crippen LogP contribution in [0.5, 0.6) is 5.75 Å². The van der Waals surface area contributed by atoms with Crippen molar-refractivity contribution in [1.29, 1.82) is 0 Å². The predicted octanol–water partition coefficient (Wildman–Crippen LogP) is 0.0214. The number of hydrogen-bond donors (Lipinski definition) is 7. The number of anilines is 1. The number of nitrogens with one attached hydrogen (secondary N) is 1. The lowest BCUT2D eigenvalue weighted by molar-refractivity contribution is -0.116. The fourth-order valence-corrected chi connectivity index (χ4v) is 7.21. The molecule has 0 amide bonds. The van der Waals surface area contributed by atoms with Crippen LogP contribution in [-0.2, 0) is 45.3 Å². The van der Waals surface area contributed by atoms with Crippen LogP contribution in [0.3, 0.4) is 0 Å². The van der Waals surface area contributed by atoms with Gasteiger partial charge in [-0.3, -0.25) is 28.4 Å². The second kappa shape index (κ2) is 9.70. The molecule has 220 valence electrons. The van der Waals surface area contributed by atoms with Crippen LogP contribution in [0.4, 0.5) is 5.69 Å². The Hall–Kier alpha value is -3.70. The Morgan fingerprint density at radius 2 is 1.39 bits per heavy atom. The molecule has 0 saturated carbocycles. The summed E-state index contributed by atoms with van der Waals surface area (Å²) in [4.78, 5) is 9.60. The normalized spacial score (nSPS) is 21.2. The molecule has 2 aliphatic rings. The molecule has 0 radical (unpaired) electrons. The average molecular weight is 652 g/mol. The van der Waals surface area contributed by atoms with E-state index in [4.69, 9.17) is 5.73 Å². The second-order valence-corrected chi connectivity index (χ2v) is 14.3. The molecule has 41 heavy (non-hydrogen) atoms. The highest BCUT2D eigenvalue weighted by Crippen LogP contribution is 2.42. The number of ketones is 1. The molecule has 8 N–H and O–H groups in total. The molecule has 0 aliphatic heterocycles. The summed E-state index contributed by atoms with van der Waals surface area (Å²) >= 11 is 0. The lowest BCUT2D eigenvalue weighted by Gasteiger charge is -2.31. The van der Waals surface area contributed by atoms with Gasteiger partial charge in [-0.05, 0) is 24.3 Å². The van der Waals surface area contributed by atoms with Gasteiger partial charge in [0.2, 0.25) is 0 Å². The van der Waals surface area contributed by atoms with Crippen molar-refractivity contribution in [3.63, 3.8) is 0 Å². The highest BCUT2D eigenvalue weighted by Gasteiger charge is 2.47. The summed E-state index contributed by atoms with van der Waals surface area (Å²) in [5, 5.41) is 13.2. The third-order valence-corrected chi connectivity index (χ3v) is 9.69. The van der Waals surface area contributed by atoms with Crippen LogP contribution in [0.2, 0.25) is 0 Å². The number of Topliss-reactive ketones (excluding diaryl/α,β-unsaturated/α-hetero) is 1. The first-order valence-corrected chi connectivity index (χ1v) is 16.3. The van der Waals surface area contributed by atoms with Crippen molar-refractivity contribution in [3.05, 3.63) is 58.0 Å². The highest BCUT2D eigenvalue weighted by molar-refractivity contribution is 7.90. The van der Waals surface area contributed by atoms with Crippen LogP contribution in [0, 0.1) is 11.8 Å². The van der Waals surface area contributed by atoms with E-state index in [2.05, 4.69) is 10.5 Å². The first kappa shape index (κ1) is 30.3. The minimum absolute atomic E-state index is 0.357. The van der Waals surface area contributed by atoms with E-state index >= 15 is 0 Å². The van der Waals surface area contributed by atoms with Crippen molar-refractivity contribution >= 4 is 68.4 Å². The zero-order valence-electron chi connectivity index (χ0n) is 19.8. The van der Waals surface area contributed by atoms with Gasteiger partial charge in [0.1, 0.15) is 22.0 Å². The van der Waals surface area contributed by atoms with Gasteiger partial charge in [-0.2, -0.15) is 38.8 Å². The van der Waals surface area contributed by atoms with Crippen molar-refractivity contribution in [3.8, 4) is 5.75 Å². The molecule has 0 fully saturated rings. The number of allylic oxidation sites excluding steroid dienone is 5. The van der Waals surface area contributed by atoms with Gasteiger partial charge < -0.3 is 10.8 Å². The van der Waals surface area contributed by atoms with Gasteiger partial charge in [-0.25, -0.2) is 0 Å². The quantitative estimate of drug-likeness (QED) is 0.123. The maximum absolute atomic E-state index is 13.3. The Labute approximate surface area is 231 Å². The molecule has 0 spiro atoms. The fourth-order valence-electron chi connectivity index (χ4n) is 4.32. The summed E-state index contributed by atoms with van der Waals surface area (Å²) in [5.74, 6) is -5.88. The Kier molecular flexibility index (Phi) is 7.16. The van der Waals surface area contributed by atoms with E-state index in [0.29, 0.717) is 24.3 Å². The molecule has 2 atom stereocenters. The third-order valence-electron chi connectivity index (χ3n) is 6.00. The molecule has 2 unspecified atom stereocenters. The van der Waals surface area contributed by atoms with Crippen LogP contribution in [0.25, 0.3) is 10.8 Å². The number of carbonyl (C=O) groups is 1. The fraction of sp³-hybridized carbons (Fsp3) is 0.100. The van der Waals surface area contributed by atoms with Crippen molar-refractivity contribution < 1.29 is 61.8 Å². The van der Waals surface area contributed by atoms with Gasteiger partial charge in [0.15, 0.2) is 5.78 Å². The number of benzene rings is 2. The number of nitrogens with two attached hydrogens (primary N) is 1. The molecule has 4 rings (SSSR count). The van der Waals surface area contributed by atoms with Crippen LogP contribution in [0.1, 0.15) is 0 Å². The number of hydrazone groups is 1. The van der Waals surface area contributed by atoms with Gasteiger partial charge in [-0.1, -0.05) is 12.1 Å². The average Bonchev–Trinajstić information content (AvgIpc) is 2.80. The number of phenolic OH excluding ortho intramolecular Hbond substituents is 1. The van der Waals surface area contributed by atoms with Gasteiger partial charge in [0.05, 0.1) is 20.6 Å². The van der Waals surface area contributed by atoms with E-state index in [0.717, 1.165) is 18.2 Å². The maximum atomic E-state index is 13.3. The van der Waals surface area contributed by atoms with Gasteiger partial charge in [0, 0.05) is 28.5 Å². The first-order valence-electron chi connectivity index (χ1n) is 10.6. The van der Waals surface area contributed by atoms with E-state index < -0.39 is 106 Å². The molecular formula is C20H17N3O14S4. The topological polar surface area (TPSA) is 305 Å². The Balaban J connectivity index is 1.97. The number of nitrogens with zero attached hydrogens (tertiary/aromatic N) is 1. The molecule has 2 aromatic rings. The lowest BCUT2D eigenvalue weighted by atomic mass is 9.78. The third kappa shape index (κ3) is 5.73. The molecule has 21 heteroatoms. The summed E-state index contributed by atoms with van der Waals surface area (Å²) < 4.78 is 134. The van der Waals surface area contributed by atoms with Crippen molar-refractivity contribution in [1.82, 2.24) is 0 Å². The number of rotatable bonds is 6. The standard InChI is InChI=1S/C20H17N3O14S4/c21-8-3-12-15(39(29,30)31)6-13(20(25)18(12)17(4-8)41(35,36)37)22-23-19-11-5-9(38(26,27)28)1-2-10(11)16(7-14(19)24)40(32,33)34/h1-7,12,18,23-24H,21H2,(H,26,27,28)(H,29,30,31)(H,32,33,34)(H,35,36,37). The summed E-state index contributed by atoms with van der Waals surface area (Å²) in [6.45, 7) is 0. The number of hydrogen-bond acceptors (Lipinski definition) is 13. The molecule has 0 heterocycles. The summed E-state index contributed by atoms with van der Waals surface area (Å²) in [6, 6.07) is 2.83. The van der Waals surface area contributed by atoms with Crippen molar-refractivity contribution in [2.24, 2.45) is 22.7 Å². The second-order valence-electron chi connectivity index (χ2n) is 8.61. The van der Waals surface area contributed by atoms with E-state index in [1.54, 1.807) is 0 Å². The molecule has 0 aromatic heterocycles. The van der Waals surface area contributed by atoms with Crippen molar-refractivity contribution in [2.45, 2.75) is 9.79 Å². The van der Waals surface area contributed by atoms with E-state index in [-0.39, 0.29) is 5.70 Å². The van der Waals surface area contributed by atoms with Gasteiger partial charge >= 0.3 is 0 Å². The number of aromatic hydroxyl groups is 1. The van der Waals surface area contributed by atoms with E-state index in [1.807, 2.05) is 0 Å². The number of carbonyl (C=O) groups excluding carboxylic acids is 1. The maximum Gasteiger partial charge on any atom is 0.295 e. The van der Waals surface area contributed by atoms with Crippen LogP contribution in [-0.4, -0.2) is 68.5 Å². The monoisotopic (exact) mass is 651 g/mol. The first-order chi connectivity index (χ1) is 18.6. The number of fused-ring (bicyclic) bond motifs is 2. The molecule has 2 aliphatic carbocycles. The molecular weight excluding hydrogens is 634 g/mol. The van der Waals surface area contributed by atoms with Crippen LogP contribution < -0.4 is 11.2 Å². The predicted molar refractivity (Wildman–Crippen MR) is 140 cm³/mol.